The lowest BCUT2D eigenvalue weighted by Crippen LogP contribution is -2.32. The molecular weight excluding hydrogens is 352 g/mol. The minimum atomic E-state index is -0.528. The van der Waals surface area contributed by atoms with Gasteiger partial charge < -0.3 is 38.1 Å². The van der Waals surface area contributed by atoms with E-state index in [-0.39, 0.29) is 18.4 Å². The predicted octanol–water partition coefficient (Wildman–Crippen LogP) is -2.18. The number of nitrogens with one attached hydrogen (secondary N) is 3. The third kappa shape index (κ3) is 9.51. The van der Waals surface area contributed by atoms with E-state index in [1.54, 1.807) is 0 Å². The van der Waals surface area contributed by atoms with E-state index in [2.05, 4.69) is 30.9 Å². The molecule has 0 radical (unpaired) electrons. The van der Waals surface area contributed by atoms with Crippen molar-refractivity contribution >= 4 is 29.7 Å². The zero-order valence-corrected chi connectivity index (χ0v) is 15.7. The fourth-order valence-corrected chi connectivity index (χ4v) is 2.12. The van der Waals surface area contributed by atoms with Crippen LogP contribution in [0.1, 0.15) is 19.8 Å². The van der Waals surface area contributed by atoms with Gasteiger partial charge in [0.2, 0.25) is 29.7 Å². The van der Waals surface area contributed by atoms with Gasteiger partial charge in [0.05, 0.1) is 6.54 Å². The van der Waals surface area contributed by atoms with E-state index in [4.69, 9.17) is 17.2 Å². The molecule has 0 saturated heterocycles. The highest BCUT2D eigenvalue weighted by atomic mass is 16.1. The molecule has 2 amide bonds. The van der Waals surface area contributed by atoms with Crippen LogP contribution in [0.5, 0.6) is 0 Å². The molecule has 12 nitrogen and oxygen atoms in total. The number of amides is 2. The normalized spacial score (nSPS) is 10.3. The highest BCUT2D eigenvalue weighted by Crippen LogP contribution is 2.14. The minimum absolute atomic E-state index is 0.0968. The number of aromatic nitrogens is 3. The van der Waals surface area contributed by atoms with E-state index in [1.165, 1.54) is 6.92 Å². The van der Waals surface area contributed by atoms with Crippen LogP contribution in [-0.2, 0) is 9.59 Å². The quantitative estimate of drug-likeness (QED) is 0.193. The first-order chi connectivity index (χ1) is 13.0. The number of hydrogen-bond acceptors (Lipinski definition) is 10. The number of carbonyl (C=O) groups excluding carboxylic acids is 2. The fourth-order valence-electron chi connectivity index (χ4n) is 2.12. The lowest BCUT2D eigenvalue weighted by Gasteiger charge is -2.23. The molecule has 0 atom stereocenters. The van der Waals surface area contributed by atoms with E-state index < -0.39 is 5.91 Å². The van der Waals surface area contributed by atoms with Crippen LogP contribution in [0.25, 0.3) is 0 Å². The molecule has 12 heteroatoms. The van der Waals surface area contributed by atoms with Crippen molar-refractivity contribution < 1.29 is 9.59 Å². The van der Waals surface area contributed by atoms with Crippen molar-refractivity contribution in [1.82, 2.24) is 20.3 Å². The Balaban J connectivity index is 2.95. The first kappa shape index (κ1) is 22.3. The summed E-state index contributed by atoms with van der Waals surface area (Å²) in [7, 11) is 0. The van der Waals surface area contributed by atoms with Gasteiger partial charge in [0.25, 0.3) is 0 Å². The smallest absolute Gasteiger partial charge is 0.236 e. The Labute approximate surface area is 158 Å². The van der Waals surface area contributed by atoms with Crippen molar-refractivity contribution in [3.05, 3.63) is 0 Å². The minimum Gasteiger partial charge on any atom is -0.368 e. The molecule has 0 saturated carbocycles. The number of rotatable bonds is 14. The van der Waals surface area contributed by atoms with E-state index in [0.29, 0.717) is 51.2 Å². The number of nitrogens with two attached hydrogens (primary N) is 3. The molecule has 1 heterocycles. The summed E-state index contributed by atoms with van der Waals surface area (Å²) >= 11 is 0. The average Bonchev–Trinajstić information content (AvgIpc) is 2.63. The van der Waals surface area contributed by atoms with Crippen molar-refractivity contribution in [3.63, 3.8) is 0 Å². The number of hydrogen-bond donors (Lipinski definition) is 6. The van der Waals surface area contributed by atoms with Gasteiger partial charge in [-0.05, 0) is 25.9 Å². The van der Waals surface area contributed by atoms with Crippen LogP contribution in [0.2, 0.25) is 0 Å². The summed E-state index contributed by atoms with van der Waals surface area (Å²) in [5.74, 6) is 0.349. The van der Waals surface area contributed by atoms with Crippen LogP contribution in [0.15, 0.2) is 0 Å². The second-order valence-corrected chi connectivity index (χ2v) is 5.78. The summed E-state index contributed by atoms with van der Waals surface area (Å²) in [6, 6.07) is 0. The average molecular weight is 382 g/mol. The number of carbonyl (C=O) groups is 2. The highest BCUT2D eigenvalue weighted by Gasteiger charge is 2.13. The lowest BCUT2D eigenvalue weighted by atomic mass is 10.3. The largest absolute Gasteiger partial charge is 0.368 e. The summed E-state index contributed by atoms with van der Waals surface area (Å²) in [6.45, 7) is 4.62. The van der Waals surface area contributed by atoms with Crippen LogP contribution in [0.4, 0.5) is 17.8 Å². The van der Waals surface area contributed by atoms with Crippen molar-refractivity contribution in [1.29, 1.82) is 0 Å². The third-order valence-corrected chi connectivity index (χ3v) is 3.37. The van der Waals surface area contributed by atoms with E-state index in [0.717, 1.165) is 12.8 Å². The van der Waals surface area contributed by atoms with E-state index in [9.17, 15) is 9.59 Å². The molecule has 0 aliphatic carbocycles. The first-order valence-electron chi connectivity index (χ1n) is 8.88. The Hall–Kier alpha value is -2.73. The number of anilines is 3. The molecule has 1 rings (SSSR count). The van der Waals surface area contributed by atoms with Gasteiger partial charge in [-0.2, -0.15) is 15.0 Å². The van der Waals surface area contributed by atoms with Crippen molar-refractivity contribution in [2.45, 2.75) is 19.8 Å². The maximum Gasteiger partial charge on any atom is 0.236 e. The number of nitrogens with zero attached hydrogens (tertiary/aromatic N) is 4. The zero-order chi connectivity index (χ0) is 20.1. The van der Waals surface area contributed by atoms with Crippen LogP contribution in [0.3, 0.4) is 0 Å². The lowest BCUT2D eigenvalue weighted by molar-refractivity contribution is -0.119. The highest BCUT2D eigenvalue weighted by molar-refractivity contribution is 5.78. The molecule has 27 heavy (non-hydrogen) atoms. The maximum atomic E-state index is 11.0. The van der Waals surface area contributed by atoms with Crippen LogP contribution < -0.4 is 38.1 Å². The Bertz CT molecular complexity index is 590. The molecule has 0 aliphatic rings. The molecule has 9 N–H and O–H groups in total. The SMILES string of the molecule is CC(=O)NCCNc1nc(NCC(N)=O)nc(N(CCCN)CCCN)n1. The van der Waals surface area contributed by atoms with Gasteiger partial charge in [-0.15, -0.1) is 0 Å². The Morgan fingerprint density at radius 2 is 1.56 bits per heavy atom. The predicted molar refractivity (Wildman–Crippen MR) is 104 cm³/mol. The summed E-state index contributed by atoms with van der Waals surface area (Å²) in [5, 5.41) is 8.48. The fraction of sp³-hybridized carbons (Fsp3) is 0.667. The van der Waals surface area contributed by atoms with Gasteiger partial charge in [0.15, 0.2) is 0 Å². The second kappa shape index (κ2) is 12.6. The summed E-state index contributed by atoms with van der Waals surface area (Å²) in [5.41, 5.74) is 16.4. The second-order valence-electron chi connectivity index (χ2n) is 5.78. The van der Waals surface area contributed by atoms with Gasteiger partial charge in [0.1, 0.15) is 0 Å². The molecule has 0 aromatic carbocycles. The Morgan fingerprint density at radius 3 is 2.07 bits per heavy atom. The Kier molecular flexibility index (Phi) is 10.4. The van der Waals surface area contributed by atoms with Crippen molar-refractivity contribution in [3.8, 4) is 0 Å². The molecule has 1 aromatic heterocycles. The number of primary amides is 1. The zero-order valence-electron chi connectivity index (χ0n) is 15.7. The van der Waals surface area contributed by atoms with Crippen LogP contribution in [0, 0.1) is 0 Å². The topological polar surface area (TPSA) is 190 Å². The maximum absolute atomic E-state index is 11.0. The van der Waals surface area contributed by atoms with Gasteiger partial charge >= 0.3 is 0 Å². The van der Waals surface area contributed by atoms with Crippen molar-refractivity contribution in [2.24, 2.45) is 17.2 Å². The van der Waals surface area contributed by atoms with Gasteiger partial charge in [-0.1, -0.05) is 0 Å². The van der Waals surface area contributed by atoms with Gasteiger partial charge in [-0.3, -0.25) is 9.59 Å². The molecule has 0 spiro atoms. The Morgan fingerprint density at radius 1 is 0.963 bits per heavy atom. The summed E-state index contributed by atoms with van der Waals surface area (Å²) < 4.78 is 0. The van der Waals surface area contributed by atoms with Crippen LogP contribution >= 0.6 is 0 Å². The summed E-state index contributed by atoms with van der Waals surface area (Å²) in [6.07, 6.45) is 1.54. The molecule has 0 aliphatic heterocycles. The molecule has 0 unspecified atom stereocenters. The van der Waals surface area contributed by atoms with E-state index in [1.807, 2.05) is 4.90 Å². The standard InChI is InChI=1S/C15H30N10O2/c1-11(26)19-6-7-20-13-22-14(21-10-12(18)27)24-15(23-13)25(8-2-4-16)9-3-5-17/h2-10,16-17H2,1H3,(H2,18,27)(H,19,26)(H2,20,21,22,23,24). The molecule has 0 fully saturated rings. The van der Waals surface area contributed by atoms with Crippen LogP contribution in [-0.4, -0.2) is 72.6 Å². The third-order valence-electron chi connectivity index (χ3n) is 3.37. The molecular formula is C15H30N10O2. The molecule has 0 bridgehead atoms. The summed E-state index contributed by atoms with van der Waals surface area (Å²) in [4.78, 5) is 36.9. The van der Waals surface area contributed by atoms with Gasteiger partial charge in [-0.25, -0.2) is 0 Å². The monoisotopic (exact) mass is 382 g/mol. The van der Waals surface area contributed by atoms with Gasteiger partial charge in [0, 0.05) is 33.1 Å². The first-order valence-corrected chi connectivity index (χ1v) is 8.88. The molecule has 152 valence electrons. The van der Waals surface area contributed by atoms with Crippen molar-refractivity contribution in [2.75, 3.05) is 61.3 Å². The van der Waals surface area contributed by atoms with E-state index >= 15 is 0 Å². The molecule has 1 aromatic rings.